The molecule has 2 aromatic heterocycles. The third-order valence-electron chi connectivity index (χ3n) is 4.83. The molecule has 0 amide bonds. The van der Waals surface area contributed by atoms with Gasteiger partial charge in [0.1, 0.15) is 0 Å². The van der Waals surface area contributed by atoms with Crippen molar-refractivity contribution in [3.8, 4) is 0 Å². The van der Waals surface area contributed by atoms with Crippen LogP contribution in [0.3, 0.4) is 0 Å². The lowest BCUT2D eigenvalue weighted by atomic mass is 10.0. The Morgan fingerprint density at radius 3 is 2.88 bits per heavy atom. The van der Waals surface area contributed by atoms with Gasteiger partial charge < -0.3 is 4.90 Å². The Balaban J connectivity index is 1.79. The van der Waals surface area contributed by atoms with Crippen LogP contribution in [0.25, 0.3) is 10.9 Å². The molecule has 4 rings (SSSR count). The molecule has 1 aliphatic rings. The standard InChI is InChI=1S/C20H22N4O/c1-3-6-15-12-19(16-7-4-5-8-18(16)21-15)24-10-9-17-14(13-24)11-20(25)23(2)22-17/h4-5,7-8,11-12H,3,6,9-10,13H2,1-2H3. The van der Waals surface area contributed by atoms with E-state index in [0.29, 0.717) is 0 Å². The van der Waals surface area contributed by atoms with Crippen molar-refractivity contribution < 1.29 is 0 Å². The number of aromatic nitrogens is 3. The number of hydrogen-bond acceptors (Lipinski definition) is 4. The molecule has 0 fully saturated rings. The quantitative estimate of drug-likeness (QED) is 0.739. The Morgan fingerprint density at radius 1 is 1.20 bits per heavy atom. The van der Waals surface area contributed by atoms with E-state index in [4.69, 9.17) is 4.98 Å². The maximum atomic E-state index is 12.0. The van der Waals surface area contributed by atoms with E-state index in [1.807, 2.05) is 6.07 Å². The van der Waals surface area contributed by atoms with E-state index in [1.54, 1.807) is 13.1 Å². The Kier molecular flexibility index (Phi) is 3.99. The average molecular weight is 334 g/mol. The van der Waals surface area contributed by atoms with Crippen molar-refractivity contribution in [2.45, 2.75) is 32.7 Å². The topological polar surface area (TPSA) is 51.0 Å². The molecular formula is C20H22N4O. The maximum absolute atomic E-state index is 12.0. The molecule has 128 valence electrons. The highest BCUT2D eigenvalue weighted by molar-refractivity contribution is 5.92. The smallest absolute Gasteiger partial charge is 0.266 e. The Bertz CT molecular complexity index is 993. The summed E-state index contributed by atoms with van der Waals surface area (Å²) in [4.78, 5) is 19.1. The third kappa shape index (κ3) is 2.90. The molecule has 0 atom stereocenters. The van der Waals surface area contributed by atoms with Crippen molar-refractivity contribution in [2.24, 2.45) is 7.05 Å². The minimum Gasteiger partial charge on any atom is -0.366 e. The van der Waals surface area contributed by atoms with E-state index in [-0.39, 0.29) is 5.56 Å². The second-order valence-corrected chi connectivity index (χ2v) is 6.65. The summed E-state index contributed by atoms with van der Waals surface area (Å²) in [6, 6.07) is 12.2. The third-order valence-corrected chi connectivity index (χ3v) is 4.83. The Hall–Kier alpha value is -2.69. The summed E-state index contributed by atoms with van der Waals surface area (Å²) >= 11 is 0. The van der Waals surface area contributed by atoms with E-state index >= 15 is 0 Å². The van der Waals surface area contributed by atoms with Crippen LogP contribution in [-0.2, 0) is 26.4 Å². The predicted molar refractivity (Wildman–Crippen MR) is 100.0 cm³/mol. The van der Waals surface area contributed by atoms with Crippen LogP contribution in [0.1, 0.15) is 30.3 Å². The zero-order chi connectivity index (χ0) is 17.4. The van der Waals surface area contributed by atoms with Gasteiger partial charge in [-0.1, -0.05) is 31.5 Å². The molecule has 0 radical (unpaired) electrons. The van der Waals surface area contributed by atoms with Crippen molar-refractivity contribution >= 4 is 16.6 Å². The number of anilines is 1. The maximum Gasteiger partial charge on any atom is 0.266 e. The number of rotatable bonds is 3. The first-order chi connectivity index (χ1) is 12.2. The first kappa shape index (κ1) is 15.8. The number of aryl methyl sites for hydroxylation is 2. The van der Waals surface area contributed by atoms with Crippen LogP contribution in [0, 0.1) is 0 Å². The predicted octanol–water partition coefficient (Wildman–Crippen LogP) is 2.84. The zero-order valence-corrected chi connectivity index (χ0v) is 14.7. The number of hydrogen-bond donors (Lipinski definition) is 0. The van der Waals surface area contributed by atoms with Gasteiger partial charge in [0.25, 0.3) is 5.56 Å². The normalized spacial score (nSPS) is 13.9. The lowest BCUT2D eigenvalue weighted by Crippen LogP contribution is -2.34. The summed E-state index contributed by atoms with van der Waals surface area (Å²) in [6.45, 7) is 3.80. The van der Waals surface area contributed by atoms with Crippen LogP contribution in [0.15, 0.2) is 41.2 Å². The number of fused-ring (bicyclic) bond motifs is 2. The summed E-state index contributed by atoms with van der Waals surface area (Å²) in [5.74, 6) is 0. The van der Waals surface area contributed by atoms with E-state index in [9.17, 15) is 4.79 Å². The lowest BCUT2D eigenvalue weighted by molar-refractivity contribution is 0.625. The molecule has 0 N–H and O–H groups in total. The van der Waals surface area contributed by atoms with Crippen LogP contribution in [0.2, 0.25) is 0 Å². The fourth-order valence-corrected chi connectivity index (χ4v) is 3.56. The molecule has 0 unspecified atom stereocenters. The van der Waals surface area contributed by atoms with Crippen LogP contribution in [0.4, 0.5) is 5.69 Å². The first-order valence-corrected chi connectivity index (χ1v) is 8.85. The van der Waals surface area contributed by atoms with Gasteiger partial charge >= 0.3 is 0 Å². The minimum atomic E-state index is -0.0492. The minimum absolute atomic E-state index is 0.0492. The van der Waals surface area contributed by atoms with Crippen LogP contribution >= 0.6 is 0 Å². The summed E-state index contributed by atoms with van der Waals surface area (Å²) in [6.07, 6.45) is 2.90. The second-order valence-electron chi connectivity index (χ2n) is 6.65. The largest absolute Gasteiger partial charge is 0.366 e. The van der Waals surface area contributed by atoms with E-state index in [0.717, 1.165) is 54.8 Å². The van der Waals surface area contributed by atoms with E-state index < -0.39 is 0 Å². The molecule has 1 aliphatic heterocycles. The molecule has 3 aromatic rings. The monoisotopic (exact) mass is 334 g/mol. The van der Waals surface area contributed by atoms with Crippen molar-refractivity contribution in [1.29, 1.82) is 0 Å². The molecule has 0 aliphatic carbocycles. The SMILES string of the molecule is CCCc1cc(N2CCc3nn(C)c(=O)cc3C2)c2ccccc2n1. The number of nitrogens with zero attached hydrogens (tertiary/aromatic N) is 4. The number of pyridine rings is 1. The van der Waals surface area contributed by atoms with E-state index in [2.05, 4.69) is 41.2 Å². The molecule has 3 heterocycles. The molecule has 25 heavy (non-hydrogen) atoms. The highest BCUT2D eigenvalue weighted by Gasteiger charge is 2.21. The van der Waals surface area contributed by atoms with Gasteiger partial charge in [-0.3, -0.25) is 9.78 Å². The summed E-state index contributed by atoms with van der Waals surface area (Å²) < 4.78 is 1.43. The van der Waals surface area contributed by atoms with Gasteiger partial charge in [0, 0.05) is 55.0 Å². The number of para-hydroxylation sites is 1. The zero-order valence-electron chi connectivity index (χ0n) is 14.7. The van der Waals surface area contributed by atoms with Crippen LogP contribution < -0.4 is 10.5 Å². The molecule has 0 saturated heterocycles. The summed E-state index contributed by atoms with van der Waals surface area (Å²) in [5.41, 5.74) is 5.39. The van der Waals surface area contributed by atoms with Crippen LogP contribution in [0.5, 0.6) is 0 Å². The fraction of sp³-hybridized carbons (Fsp3) is 0.350. The molecule has 1 aromatic carbocycles. The molecule has 5 heteroatoms. The van der Waals surface area contributed by atoms with Crippen molar-refractivity contribution in [2.75, 3.05) is 11.4 Å². The van der Waals surface area contributed by atoms with Crippen LogP contribution in [-0.4, -0.2) is 21.3 Å². The van der Waals surface area contributed by atoms with Gasteiger partial charge in [0.15, 0.2) is 0 Å². The summed E-state index contributed by atoms with van der Waals surface area (Å²) in [7, 11) is 1.71. The highest BCUT2D eigenvalue weighted by atomic mass is 16.1. The van der Waals surface area contributed by atoms with Gasteiger partial charge in [-0.25, -0.2) is 4.68 Å². The molecule has 0 bridgehead atoms. The average Bonchev–Trinajstić information content (AvgIpc) is 2.62. The van der Waals surface area contributed by atoms with Gasteiger partial charge in [-0.15, -0.1) is 0 Å². The molecule has 0 spiro atoms. The van der Waals surface area contributed by atoms with Crippen molar-refractivity contribution in [3.63, 3.8) is 0 Å². The van der Waals surface area contributed by atoms with Gasteiger partial charge in [0.05, 0.1) is 11.2 Å². The first-order valence-electron chi connectivity index (χ1n) is 8.85. The summed E-state index contributed by atoms with van der Waals surface area (Å²) in [5, 5.41) is 5.58. The molecule has 5 nitrogen and oxygen atoms in total. The van der Waals surface area contributed by atoms with Crippen molar-refractivity contribution in [3.05, 3.63) is 63.7 Å². The van der Waals surface area contributed by atoms with Crippen molar-refractivity contribution in [1.82, 2.24) is 14.8 Å². The molecular weight excluding hydrogens is 312 g/mol. The number of benzene rings is 1. The van der Waals surface area contributed by atoms with E-state index in [1.165, 1.54) is 15.8 Å². The Morgan fingerprint density at radius 2 is 2.04 bits per heavy atom. The van der Waals surface area contributed by atoms with Gasteiger partial charge in [0.2, 0.25) is 0 Å². The fourth-order valence-electron chi connectivity index (χ4n) is 3.56. The Labute approximate surface area is 146 Å². The molecule has 0 saturated carbocycles. The van der Waals surface area contributed by atoms with Gasteiger partial charge in [-0.05, 0) is 18.6 Å². The highest BCUT2D eigenvalue weighted by Crippen LogP contribution is 2.30. The van der Waals surface area contributed by atoms with Gasteiger partial charge in [-0.2, -0.15) is 5.10 Å². The second kappa shape index (κ2) is 6.31. The lowest BCUT2D eigenvalue weighted by Gasteiger charge is -2.31.